The van der Waals surface area contributed by atoms with Crippen LogP contribution in [0.4, 0.5) is 0 Å². The number of guanidine groups is 1. The first-order valence-electron chi connectivity index (χ1n) is 9.70. The van der Waals surface area contributed by atoms with Gasteiger partial charge < -0.3 is 15.0 Å². The molecule has 1 aliphatic heterocycles. The minimum atomic E-state index is 0.309. The van der Waals surface area contributed by atoms with E-state index in [2.05, 4.69) is 21.3 Å². The van der Waals surface area contributed by atoms with Crippen LogP contribution in [0.5, 0.6) is 5.75 Å². The topological polar surface area (TPSA) is 36.9 Å². The average Bonchev–Trinajstić information content (AvgIpc) is 2.68. The van der Waals surface area contributed by atoms with Crippen LogP contribution in [-0.2, 0) is 0 Å². The molecular weight excluding hydrogens is 310 g/mol. The maximum absolute atomic E-state index is 6.08. The van der Waals surface area contributed by atoms with Crippen LogP contribution in [0.3, 0.4) is 0 Å². The Morgan fingerprint density at radius 1 is 1.20 bits per heavy atom. The molecule has 1 heterocycles. The summed E-state index contributed by atoms with van der Waals surface area (Å²) >= 11 is 0. The van der Waals surface area contributed by atoms with Crippen molar-refractivity contribution in [3.05, 3.63) is 42.0 Å². The molecule has 0 unspecified atom stereocenters. The molecule has 4 nitrogen and oxygen atoms in total. The van der Waals surface area contributed by atoms with E-state index in [9.17, 15) is 0 Å². The lowest BCUT2D eigenvalue weighted by Gasteiger charge is -2.34. The Bertz CT molecular complexity index is 574. The van der Waals surface area contributed by atoms with Crippen LogP contribution < -0.4 is 10.1 Å². The lowest BCUT2D eigenvalue weighted by Crippen LogP contribution is -2.47. The number of piperidine rings is 1. The summed E-state index contributed by atoms with van der Waals surface area (Å²) in [6.07, 6.45) is 11.2. The molecule has 4 heteroatoms. The fourth-order valence-corrected chi connectivity index (χ4v) is 3.68. The first kappa shape index (κ1) is 17.8. The molecular formula is C21H31N3O. The highest BCUT2D eigenvalue weighted by Crippen LogP contribution is 2.20. The zero-order chi connectivity index (χ0) is 17.3. The lowest BCUT2D eigenvalue weighted by molar-refractivity contribution is 0.129. The Labute approximate surface area is 152 Å². The van der Waals surface area contributed by atoms with Crippen molar-refractivity contribution in [2.75, 3.05) is 26.7 Å². The molecule has 0 aromatic heterocycles. The van der Waals surface area contributed by atoms with E-state index in [-0.39, 0.29) is 0 Å². The van der Waals surface area contributed by atoms with Gasteiger partial charge in [0.2, 0.25) is 0 Å². The van der Waals surface area contributed by atoms with E-state index in [0.29, 0.717) is 6.10 Å². The Morgan fingerprint density at radius 3 is 2.68 bits per heavy atom. The number of likely N-dealkylation sites (tertiary alicyclic amines) is 1. The largest absolute Gasteiger partial charge is 0.490 e. The van der Waals surface area contributed by atoms with Gasteiger partial charge in [-0.1, -0.05) is 29.8 Å². The van der Waals surface area contributed by atoms with Crippen LogP contribution in [0.15, 0.2) is 47.0 Å². The monoisotopic (exact) mass is 341 g/mol. The summed E-state index contributed by atoms with van der Waals surface area (Å²) in [5.74, 6) is 2.01. The van der Waals surface area contributed by atoms with E-state index in [4.69, 9.17) is 4.74 Å². The van der Waals surface area contributed by atoms with Crippen molar-refractivity contribution in [3.8, 4) is 5.75 Å². The van der Waals surface area contributed by atoms with E-state index in [1.807, 2.05) is 37.4 Å². The molecule has 25 heavy (non-hydrogen) atoms. The van der Waals surface area contributed by atoms with Crippen molar-refractivity contribution >= 4 is 5.96 Å². The maximum atomic E-state index is 6.08. The summed E-state index contributed by atoms with van der Waals surface area (Å²) < 4.78 is 6.08. The Morgan fingerprint density at radius 2 is 2.00 bits per heavy atom. The van der Waals surface area contributed by atoms with E-state index in [1.54, 1.807) is 5.57 Å². The smallest absolute Gasteiger partial charge is 0.193 e. The summed E-state index contributed by atoms with van der Waals surface area (Å²) in [7, 11) is 1.88. The number of aliphatic imine (C=N–C) groups is 1. The summed E-state index contributed by atoms with van der Waals surface area (Å²) in [6, 6.07) is 10.1. The highest BCUT2D eigenvalue weighted by atomic mass is 16.5. The van der Waals surface area contributed by atoms with Gasteiger partial charge in [0.25, 0.3) is 0 Å². The third kappa shape index (κ3) is 5.52. The Balaban J connectivity index is 1.40. The number of rotatable bonds is 5. The predicted molar refractivity (Wildman–Crippen MR) is 104 cm³/mol. The molecule has 136 valence electrons. The fraction of sp³-hybridized carbons (Fsp3) is 0.571. The third-order valence-corrected chi connectivity index (χ3v) is 5.11. The van der Waals surface area contributed by atoms with E-state index < -0.39 is 0 Å². The van der Waals surface area contributed by atoms with Gasteiger partial charge in [-0.2, -0.15) is 0 Å². The van der Waals surface area contributed by atoms with Crippen LogP contribution in [0.2, 0.25) is 0 Å². The standard InChI is InChI=1S/C21H31N3O/c1-22-21(23-15-12-18-8-4-2-5-9-18)24-16-13-20(14-17-24)25-19-10-6-3-7-11-19/h3,6-8,10-11,20H,2,4-5,9,12-17H2,1H3,(H,22,23). The minimum absolute atomic E-state index is 0.309. The molecule has 0 bridgehead atoms. The highest BCUT2D eigenvalue weighted by Gasteiger charge is 2.22. The quantitative estimate of drug-likeness (QED) is 0.500. The second kappa shape index (κ2) is 9.50. The number of nitrogens with zero attached hydrogens (tertiary/aromatic N) is 2. The summed E-state index contributed by atoms with van der Waals surface area (Å²) in [5, 5.41) is 3.55. The van der Waals surface area contributed by atoms with Crippen LogP contribution >= 0.6 is 0 Å². The van der Waals surface area contributed by atoms with Gasteiger partial charge in [0, 0.05) is 39.5 Å². The van der Waals surface area contributed by atoms with E-state index >= 15 is 0 Å². The van der Waals surface area contributed by atoms with Crippen molar-refractivity contribution in [1.29, 1.82) is 0 Å². The zero-order valence-corrected chi connectivity index (χ0v) is 15.4. The second-order valence-corrected chi connectivity index (χ2v) is 6.95. The highest BCUT2D eigenvalue weighted by molar-refractivity contribution is 5.79. The first-order chi connectivity index (χ1) is 12.3. The van der Waals surface area contributed by atoms with Crippen LogP contribution in [0.1, 0.15) is 44.9 Å². The second-order valence-electron chi connectivity index (χ2n) is 6.95. The van der Waals surface area contributed by atoms with Crippen molar-refractivity contribution in [2.24, 2.45) is 4.99 Å². The SMILES string of the molecule is CN=C(NCCC1=CCCCC1)N1CCC(Oc2ccccc2)CC1. The van der Waals surface area contributed by atoms with Gasteiger partial charge in [-0.25, -0.2) is 0 Å². The normalized spacial score (nSPS) is 19.5. The van der Waals surface area contributed by atoms with Crippen LogP contribution in [0, 0.1) is 0 Å². The number of hydrogen-bond donors (Lipinski definition) is 1. The summed E-state index contributed by atoms with van der Waals surface area (Å²) in [6.45, 7) is 2.98. The number of para-hydroxylation sites is 1. The molecule has 1 N–H and O–H groups in total. The van der Waals surface area contributed by atoms with Gasteiger partial charge in [0.15, 0.2) is 5.96 Å². The van der Waals surface area contributed by atoms with Gasteiger partial charge in [-0.05, 0) is 44.2 Å². The molecule has 0 spiro atoms. The van der Waals surface area contributed by atoms with Gasteiger partial charge >= 0.3 is 0 Å². The average molecular weight is 341 g/mol. The van der Waals surface area contributed by atoms with Crippen LogP contribution in [0.25, 0.3) is 0 Å². The van der Waals surface area contributed by atoms with Gasteiger partial charge in [0.1, 0.15) is 11.9 Å². The van der Waals surface area contributed by atoms with E-state index in [1.165, 1.54) is 25.7 Å². The zero-order valence-electron chi connectivity index (χ0n) is 15.4. The molecule has 1 aromatic rings. The fourth-order valence-electron chi connectivity index (χ4n) is 3.68. The molecule has 1 saturated heterocycles. The molecule has 2 aliphatic rings. The van der Waals surface area contributed by atoms with Gasteiger partial charge in [-0.3, -0.25) is 4.99 Å². The maximum Gasteiger partial charge on any atom is 0.193 e. The molecule has 1 aliphatic carbocycles. The van der Waals surface area contributed by atoms with Crippen molar-refractivity contribution in [1.82, 2.24) is 10.2 Å². The van der Waals surface area contributed by atoms with Crippen molar-refractivity contribution in [2.45, 2.75) is 51.0 Å². The molecule has 1 fully saturated rings. The third-order valence-electron chi connectivity index (χ3n) is 5.11. The number of nitrogens with one attached hydrogen (secondary N) is 1. The minimum Gasteiger partial charge on any atom is -0.490 e. The number of hydrogen-bond acceptors (Lipinski definition) is 2. The number of allylic oxidation sites excluding steroid dienone is 1. The predicted octanol–water partition coefficient (Wildman–Crippen LogP) is 4.00. The number of ether oxygens (including phenoxy) is 1. The molecule has 0 saturated carbocycles. The molecule has 1 aromatic carbocycles. The van der Waals surface area contributed by atoms with Crippen LogP contribution in [-0.4, -0.2) is 43.6 Å². The Hall–Kier alpha value is -1.97. The van der Waals surface area contributed by atoms with Crippen molar-refractivity contribution in [3.63, 3.8) is 0 Å². The summed E-state index contributed by atoms with van der Waals surface area (Å²) in [5.41, 5.74) is 1.61. The summed E-state index contributed by atoms with van der Waals surface area (Å²) in [4.78, 5) is 6.84. The van der Waals surface area contributed by atoms with E-state index in [0.717, 1.165) is 50.6 Å². The number of benzene rings is 1. The first-order valence-corrected chi connectivity index (χ1v) is 9.70. The van der Waals surface area contributed by atoms with Gasteiger partial charge in [0.05, 0.1) is 0 Å². The molecule has 0 amide bonds. The molecule has 0 radical (unpaired) electrons. The molecule has 3 rings (SSSR count). The lowest BCUT2D eigenvalue weighted by atomic mass is 9.97. The van der Waals surface area contributed by atoms with Gasteiger partial charge in [-0.15, -0.1) is 0 Å². The Kier molecular flexibility index (Phi) is 6.78. The van der Waals surface area contributed by atoms with Crippen molar-refractivity contribution < 1.29 is 4.74 Å². The molecule has 0 atom stereocenters.